The number of aromatic hydroxyl groups is 1. The SMILES string of the molecule is NC(=O)c1cc(C(=O)CCCN2CCN(c3ccccc3)CC2)ccc1O. The summed E-state index contributed by atoms with van der Waals surface area (Å²) in [6, 6.07) is 14.6. The highest BCUT2D eigenvalue weighted by atomic mass is 16.3. The lowest BCUT2D eigenvalue weighted by Gasteiger charge is -2.36. The smallest absolute Gasteiger partial charge is 0.252 e. The molecule has 0 atom stereocenters. The Labute approximate surface area is 159 Å². The first kappa shape index (κ1) is 18.9. The number of nitrogens with two attached hydrogens (primary N) is 1. The lowest BCUT2D eigenvalue weighted by atomic mass is 10.0. The van der Waals surface area contributed by atoms with E-state index in [2.05, 4.69) is 34.1 Å². The minimum absolute atomic E-state index is 0.0158. The van der Waals surface area contributed by atoms with Crippen LogP contribution in [-0.2, 0) is 0 Å². The predicted molar refractivity (Wildman–Crippen MR) is 105 cm³/mol. The zero-order valence-electron chi connectivity index (χ0n) is 15.3. The van der Waals surface area contributed by atoms with Crippen LogP contribution in [0.1, 0.15) is 33.6 Å². The van der Waals surface area contributed by atoms with Crippen molar-refractivity contribution in [3.63, 3.8) is 0 Å². The number of nitrogens with zero attached hydrogens (tertiary/aromatic N) is 2. The summed E-state index contributed by atoms with van der Waals surface area (Å²) in [5.74, 6) is -0.978. The second-order valence-electron chi connectivity index (χ2n) is 6.79. The van der Waals surface area contributed by atoms with Crippen LogP contribution in [0.5, 0.6) is 5.75 Å². The van der Waals surface area contributed by atoms with Gasteiger partial charge in [0.1, 0.15) is 5.75 Å². The molecule has 1 amide bonds. The number of primary amides is 1. The van der Waals surface area contributed by atoms with Crippen molar-refractivity contribution in [2.45, 2.75) is 12.8 Å². The van der Waals surface area contributed by atoms with Gasteiger partial charge in [0, 0.05) is 43.9 Å². The summed E-state index contributed by atoms with van der Waals surface area (Å²) in [7, 11) is 0. The van der Waals surface area contributed by atoms with E-state index in [0.29, 0.717) is 12.0 Å². The fourth-order valence-corrected chi connectivity index (χ4v) is 3.38. The van der Waals surface area contributed by atoms with Crippen molar-refractivity contribution in [3.8, 4) is 5.75 Å². The van der Waals surface area contributed by atoms with Crippen molar-refractivity contribution in [3.05, 3.63) is 59.7 Å². The van der Waals surface area contributed by atoms with E-state index in [1.165, 1.54) is 23.9 Å². The average molecular weight is 367 g/mol. The van der Waals surface area contributed by atoms with Crippen LogP contribution in [0, 0.1) is 0 Å². The van der Waals surface area contributed by atoms with E-state index < -0.39 is 5.91 Å². The maximum atomic E-state index is 12.3. The third-order valence-corrected chi connectivity index (χ3v) is 4.96. The molecule has 2 aromatic rings. The van der Waals surface area contributed by atoms with Gasteiger partial charge in [-0.2, -0.15) is 0 Å². The Morgan fingerprint density at radius 2 is 1.70 bits per heavy atom. The number of Topliss-reactive ketones (excluding diaryl/α,β-unsaturated/α-hetero) is 1. The number of benzene rings is 2. The summed E-state index contributed by atoms with van der Waals surface area (Å²) < 4.78 is 0. The molecule has 0 saturated carbocycles. The molecule has 0 aliphatic carbocycles. The monoisotopic (exact) mass is 367 g/mol. The van der Waals surface area contributed by atoms with Crippen LogP contribution in [0.4, 0.5) is 5.69 Å². The second-order valence-corrected chi connectivity index (χ2v) is 6.79. The zero-order chi connectivity index (χ0) is 19.2. The van der Waals surface area contributed by atoms with Crippen LogP contribution < -0.4 is 10.6 Å². The molecule has 1 saturated heterocycles. The van der Waals surface area contributed by atoms with Gasteiger partial charge in [-0.25, -0.2) is 0 Å². The Kier molecular flexibility index (Phi) is 6.08. The summed E-state index contributed by atoms with van der Waals surface area (Å²) in [5, 5.41) is 9.61. The molecule has 0 aromatic heterocycles. The summed E-state index contributed by atoms with van der Waals surface area (Å²) in [5.41, 5.74) is 6.86. The molecule has 3 rings (SSSR count). The molecule has 142 valence electrons. The predicted octanol–water partition coefficient (Wildman–Crippen LogP) is 2.28. The highest BCUT2D eigenvalue weighted by Gasteiger charge is 2.17. The third-order valence-electron chi connectivity index (χ3n) is 4.96. The normalized spacial score (nSPS) is 14.9. The first-order valence-corrected chi connectivity index (χ1v) is 9.23. The zero-order valence-corrected chi connectivity index (χ0v) is 15.3. The van der Waals surface area contributed by atoms with Gasteiger partial charge in [0.25, 0.3) is 5.91 Å². The molecular weight excluding hydrogens is 342 g/mol. The molecule has 0 spiro atoms. The van der Waals surface area contributed by atoms with Gasteiger partial charge < -0.3 is 15.7 Å². The van der Waals surface area contributed by atoms with E-state index in [9.17, 15) is 14.7 Å². The van der Waals surface area contributed by atoms with E-state index in [-0.39, 0.29) is 17.1 Å². The third kappa shape index (κ3) is 4.86. The Balaban J connectivity index is 1.45. The average Bonchev–Trinajstić information content (AvgIpc) is 2.69. The molecular formula is C21H25N3O3. The lowest BCUT2D eigenvalue weighted by Crippen LogP contribution is -2.46. The van der Waals surface area contributed by atoms with Crippen LogP contribution in [0.3, 0.4) is 0 Å². The second kappa shape index (κ2) is 8.68. The number of amides is 1. The number of carbonyl (C=O) groups is 2. The quantitative estimate of drug-likeness (QED) is 0.733. The highest BCUT2D eigenvalue weighted by Crippen LogP contribution is 2.20. The van der Waals surface area contributed by atoms with Gasteiger partial charge in [0.05, 0.1) is 5.56 Å². The van der Waals surface area contributed by atoms with Crippen molar-refractivity contribution in [2.24, 2.45) is 5.73 Å². The molecule has 0 radical (unpaired) electrons. The van der Waals surface area contributed by atoms with Crippen molar-refractivity contribution in [1.29, 1.82) is 0 Å². The van der Waals surface area contributed by atoms with E-state index in [0.717, 1.165) is 39.1 Å². The summed E-state index contributed by atoms with van der Waals surface area (Å²) in [6.45, 7) is 4.80. The molecule has 1 fully saturated rings. The number of phenols is 1. The largest absolute Gasteiger partial charge is 0.507 e. The fourth-order valence-electron chi connectivity index (χ4n) is 3.38. The Bertz CT molecular complexity index is 800. The molecule has 6 heteroatoms. The number of anilines is 1. The van der Waals surface area contributed by atoms with Gasteiger partial charge in [0.2, 0.25) is 0 Å². The van der Waals surface area contributed by atoms with E-state index in [1.807, 2.05) is 6.07 Å². The maximum Gasteiger partial charge on any atom is 0.252 e. The fraction of sp³-hybridized carbons (Fsp3) is 0.333. The number of para-hydroxylation sites is 1. The van der Waals surface area contributed by atoms with Gasteiger partial charge in [0.15, 0.2) is 5.78 Å². The number of carbonyl (C=O) groups excluding carboxylic acids is 2. The molecule has 1 aliphatic heterocycles. The molecule has 0 bridgehead atoms. The standard InChI is InChI=1S/C21H25N3O3/c22-21(27)18-15-16(8-9-20(18)26)19(25)7-4-10-23-11-13-24(14-12-23)17-5-2-1-3-6-17/h1-3,5-6,8-9,15,26H,4,7,10-14H2,(H2,22,27). The Hall–Kier alpha value is -2.86. The Morgan fingerprint density at radius 1 is 1.00 bits per heavy atom. The van der Waals surface area contributed by atoms with Gasteiger partial charge >= 0.3 is 0 Å². The maximum absolute atomic E-state index is 12.3. The van der Waals surface area contributed by atoms with Gasteiger partial charge in [-0.1, -0.05) is 18.2 Å². The summed E-state index contributed by atoms with van der Waals surface area (Å²) >= 11 is 0. The van der Waals surface area contributed by atoms with E-state index in [4.69, 9.17) is 5.73 Å². The molecule has 0 unspecified atom stereocenters. The number of hydrogen-bond acceptors (Lipinski definition) is 5. The lowest BCUT2D eigenvalue weighted by molar-refractivity contribution is 0.0974. The van der Waals surface area contributed by atoms with Crippen LogP contribution >= 0.6 is 0 Å². The number of ketones is 1. The van der Waals surface area contributed by atoms with Gasteiger partial charge in [-0.3, -0.25) is 14.5 Å². The molecule has 1 aliphatic rings. The van der Waals surface area contributed by atoms with Crippen LogP contribution in [0.25, 0.3) is 0 Å². The van der Waals surface area contributed by atoms with Crippen molar-refractivity contribution < 1.29 is 14.7 Å². The van der Waals surface area contributed by atoms with Gasteiger partial charge in [-0.05, 0) is 43.3 Å². The van der Waals surface area contributed by atoms with Crippen molar-refractivity contribution >= 4 is 17.4 Å². The Morgan fingerprint density at radius 3 is 2.37 bits per heavy atom. The molecule has 3 N–H and O–H groups in total. The molecule has 6 nitrogen and oxygen atoms in total. The molecule has 27 heavy (non-hydrogen) atoms. The molecule has 2 aromatic carbocycles. The number of piperazine rings is 1. The summed E-state index contributed by atoms with van der Waals surface area (Å²) in [6.07, 6.45) is 1.17. The first-order chi connectivity index (χ1) is 13.0. The van der Waals surface area contributed by atoms with Crippen LogP contribution in [-0.4, -0.2) is 54.4 Å². The summed E-state index contributed by atoms with van der Waals surface area (Å²) in [4.78, 5) is 28.4. The number of rotatable bonds is 7. The van der Waals surface area contributed by atoms with E-state index >= 15 is 0 Å². The number of hydrogen-bond donors (Lipinski definition) is 2. The topological polar surface area (TPSA) is 86.9 Å². The first-order valence-electron chi connectivity index (χ1n) is 9.23. The van der Waals surface area contributed by atoms with E-state index in [1.54, 1.807) is 0 Å². The minimum atomic E-state index is -0.738. The van der Waals surface area contributed by atoms with Crippen LogP contribution in [0.2, 0.25) is 0 Å². The van der Waals surface area contributed by atoms with Crippen molar-refractivity contribution in [1.82, 2.24) is 4.90 Å². The molecule has 1 heterocycles. The minimum Gasteiger partial charge on any atom is -0.507 e. The van der Waals surface area contributed by atoms with Crippen LogP contribution in [0.15, 0.2) is 48.5 Å². The highest BCUT2D eigenvalue weighted by molar-refractivity contribution is 6.01. The van der Waals surface area contributed by atoms with Gasteiger partial charge in [-0.15, -0.1) is 0 Å². The van der Waals surface area contributed by atoms with Crippen molar-refractivity contribution in [2.75, 3.05) is 37.6 Å².